The van der Waals surface area contributed by atoms with Crippen LogP contribution in [0, 0.1) is 0 Å². The third-order valence-electron chi connectivity index (χ3n) is 2.44. The van der Waals surface area contributed by atoms with Crippen molar-refractivity contribution < 1.29 is 55.0 Å². The molecule has 0 rings (SSSR count). The largest absolute Gasteiger partial charge is 0.550 e. The van der Waals surface area contributed by atoms with Gasteiger partial charge in [-0.05, 0) is 6.42 Å². The van der Waals surface area contributed by atoms with E-state index in [1.807, 2.05) is 0 Å². The molecule has 0 aromatic rings. The van der Waals surface area contributed by atoms with Crippen LogP contribution in [-0.4, -0.2) is 48.5 Å². The van der Waals surface area contributed by atoms with Gasteiger partial charge < -0.3 is 20.0 Å². The predicted octanol–water partition coefficient (Wildman–Crippen LogP) is 0.397. The summed E-state index contributed by atoms with van der Waals surface area (Å²) in [5, 5.41) is 11.2. The first-order valence-corrected chi connectivity index (χ1v) is 6.18. The van der Waals surface area contributed by atoms with Gasteiger partial charge in [-0.2, -0.15) is 30.7 Å². The van der Waals surface area contributed by atoms with Gasteiger partial charge in [0.1, 0.15) is 6.04 Å². The fourth-order valence-corrected chi connectivity index (χ4v) is 1.23. The highest BCUT2D eigenvalue weighted by Crippen LogP contribution is 2.46. The molecule has 13 heteroatoms. The van der Waals surface area contributed by atoms with Gasteiger partial charge in [-0.15, -0.1) is 0 Å². The maximum atomic E-state index is 13.1. The smallest absolute Gasteiger partial charge is 0.460 e. The van der Waals surface area contributed by atoms with Crippen molar-refractivity contribution in [2.45, 2.75) is 43.8 Å². The Hall–Kier alpha value is -2.08. The number of rotatable bonds is 8. The Bertz CT molecular complexity index is 492. The zero-order valence-electron chi connectivity index (χ0n) is 11.9. The van der Waals surface area contributed by atoms with Crippen LogP contribution in [0.25, 0.3) is 0 Å². The number of carboxylic acids is 1. The summed E-state index contributed by atoms with van der Waals surface area (Å²) in [4.78, 5) is 32.8. The van der Waals surface area contributed by atoms with Crippen molar-refractivity contribution in [2.24, 2.45) is 0 Å². The molecule has 1 unspecified atom stereocenters. The molecule has 0 spiro atoms. The summed E-state index contributed by atoms with van der Waals surface area (Å²) in [6.07, 6.45) is -8.04. The van der Waals surface area contributed by atoms with Gasteiger partial charge in [-0.25, -0.2) is 4.79 Å². The molecule has 6 nitrogen and oxygen atoms in total. The minimum absolute atomic E-state index is 0.194. The second kappa shape index (κ2) is 7.66. The van der Waals surface area contributed by atoms with E-state index in [0.717, 1.165) is 5.32 Å². The van der Waals surface area contributed by atoms with Crippen molar-refractivity contribution in [3.05, 3.63) is 0 Å². The van der Waals surface area contributed by atoms with Crippen LogP contribution >= 0.6 is 0 Å². The van der Waals surface area contributed by atoms with Gasteiger partial charge in [0.15, 0.2) is 0 Å². The minimum Gasteiger partial charge on any atom is -0.550 e. The summed E-state index contributed by atoms with van der Waals surface area (Å²) < 4.78 is 91.8. The summed E-state index contributed by atoms with van der Waals surface area (Å²) >= 11 is 0. The molecular formula is C11H11F7NO5-. The lowest BCUT2D eigenvalue weighted by Gasteiger charge is -2.28. The van der Waals surface area contributed by atoms with Crippen LogP contribution in [0.4, 0.5) is 30.7 Å². The summed E-state index contributed by atoms with van der Waals surface area (Å²) in [6, 6.07) is -2.43. The fourth-order valence-electron chi connectivity index (χ4n) is 1.23. The van der Waals surface area contributed by atoms with Crippen LogP contribution in [0.1, 0.15) is 19.8 Å². The minimum atomic E-state index is -6.76. The van der Waals surface area contributed by atoms with E-state index in [4.69, 9.17) is 0 Å². The van der Waals surface area contributed by atoms with E-state index in [-0.39, 0.29) is 13.0 Å². The number of carbonyl (C=O) groups is 3. The van der Waals surface area contributed by atoms with Gasteiger partial charge in [0, 0.05) is 12.4 Å². The van der Waals surface area contributed by atoms with Crippen molar-refractivity contribution in [3.63, 3.8) is 0 Å². The number of esters is 1. The van der Waals surface area contributed by atoms with Gasteiger partial charge in [0.05, 0.1) is 6.61 Å². The van der Waals surface area contributed by atoms with Crippen LogP contribution in [-0.2, 0) is 19.1 Å². The zero-order valence-corrected chi connectivity index (χ0v) is 11.9. The zero-order chi connectivity index (χ0) is 19.3. The van der Waals surface area contributed by atoms with Crippen LogP contribution in [0.15, 0.2) is 0 Å². The third kappa shape index (κ3) is 4.96. The van der Waals surface area contributed by atoms with Crippen molar-refractivity contribution >= 4 is 17.8 Å². The molecule has 24 heavy (non-hydrogen) atoms. The van der Waals surface area contributed by atoms with Crippen molar-refractivity contribution in [3.8, 4) is 0 Å². The van der Waals surface area contributed by atoms with E-state index in [2.05, 4.69) is 4.74 Å². The lowest BCUT2D eigenvalue weighted by atomic mass is 10.1. The highest BCUT2D eigenvalue weighted by molar-refractivity contribution is 5.91. The molecule has 1 amide bonds. The third-order valence-corrected chi connectivity index (χ3v) is 2.44. The van der Waals surface area contributed by atoms with E-state index in [1.54, 1.807) is 0 Å². The number of nitrogens with one attached hydrogen (secondary N) is 1. The number of hydrogen-bond donors (Lipinski definition) is 1. The highest BCUT2D eigenvalue weighted by atomic mass is 19.4. The molecule has 0 saturated heterocycles. The molecule has 0 aromatic heterocycles. The Balaban J connectivity index is 5.37. The first-order chi connectivity index (χ1) is 10.7. The van der Waals surface area contributed by atoms with Crippen molar-refractivity contribution in [1.29, 1.82) is 0 Å². The number of hydrogen-bond acceptors (Lipinski definition) is 5. The Morgan fingerprint density at radius 2 is 1.58 bits per heavy atom. The molecule has 0 saturated carbocycles. The average Bonchev–Trinajstić information content (AvgIpc) is 2.41. The van der Waals surface area contributed by atoms with Crippen LogP contribution in [0.3, 0.4) is 0 Å². The Morgan fingerprint density at radius 3 is 1.96 bits per heavy atom. The molecule has 0 fully saturated rings. The van der Waals surface area contributed by atoms with Crippen molar-refractivity contribution in [1.82, 2.24) is 5.32 Å². The monoisotopic (exact) mass is 370 g/mol. The number of carbonyl (C=O) groups excluding carboxylic acids is 3. The number of aliphatic carboxylic acids is 1. The summed E-state index contributed by atoms with van der Waals surface area (Å²) in [7, 11) is 0. The summed E-state index contributed by atoms with van der Waals surface area (Å²) in [5.41, 5.74) is 0. The standard InChI is InChI=1S/C11H12F7NO5/c1-2-3-24-7(22)5(4-6(20)21)19-8(23)9(12,13)10(14,15)11(16,17)18/h5H,2-4H2,1H3,(H,19,23)(H,20,21)/p-1. The number of carboxylic acid groups (broad SMARTS) is 1. The average molecular weight is 370 g/mol. The Kier molecular flexibility index (Phi) is 7.00. The van der Waals surface area contributed by atoms with Gasteiger partial charge in [-0.3, -0.25) is 4.79 Å². The molecule has 0 aliphatic rings. The highest BCUT2D eigenvalue weighted by Gasteiger charge is 2.76. The van der Waals surface area contributed by atoms with E-state index < -0.39 is 48.3 Å². The maximum absolute atomic E-state index is 13.1. The maximum Gasteiger partial charge on any atom is 0.460 e. The van der Waals surface area contributed by atoms with Crippen LogP contribution < -0.4 is 10.4 Å². The van der Waals surface area contributed by atoms with E-state index >= 15 is 0 Å². The number of amides is 1. The number of ether oxygens (including phenoxy) is 1. The fraction of sp³-hybridized carbons (Fsp3) is 0.727. The lowest BCUT2D eigenvalue weighted by molar-refractivity contribution is -0.344. The topological polar surface area (TPSA) is 95.5 Å². The van der Waals surface area contributed by atoms with Gasteiger partial charge in [-0.1, -0.05) is 6.92 Å². The van der Waals surface area contributed by atoms with Crippen LogP contribution in [0.2, 0.25) is 0 Å². The molecule has 0 aliphatic carbocycles. The Morgan fingerprint density at radius 1 is 1.08 bits per heavy atom. The second-order valence-electron chi connectivity index (χ2n) is 4.42. The Labute approximate surface area is 129 Å². The van der Waals surface area contributed by atoms with Crippen LogP contribution in [0.5, 0.6) is 0 Å². The van der Waals surface area contributed by atoms with E-state index in [1.165, 1.54) is 6.92 Å². The quantitative estimate of drug-likeness (QED) is 0.493. The first-order valence-electron chi connectivity index (χ1n) is 6.18. The van der Waals surface area contributed by atoms with Gasteiger partial charge >= 0.3 is 24.0 Å². The summed E-state index contributed by atoms with van der Waals surface area (Å²) in [6.45, 7) is 1.14. The molecule has 0 aromatic carbocycles. The van der Waals surface area contributed by atoms with E-state index in [0.29, 0.717) is 0 Å². The first kappa shape index (κ1) is 21.9. The van der Waals surface area contributed by atoms with Crippen molar-refractivity contribution in [2.75, 3.05) is 6.61 Å². The van der Waals surface area contributed by atoms with E-state index in [9.17, 15) is 50.2 Å². The number of halogens is 7. The molecule has 140 valence electrons. The molecule has 1 atom stereocenters. The molecule has 0 bridgehead atoms. The molecular weight excluding hydrogens is 359 g/mol. The molecule has 1 N–H and O–H groups in total. The SMILES string of the molecule is CCCOC(=O)C(CC(=O)[O-])NC(=O)C(F)(F)C(F)(F)C(F)(F)F. The van der Waals surface area contributed by atoms with Gasteiger partial charge in [0.2, 0.25) is 0 Å². The number of alkyl halides is 7. The molecule has 0 radical (unpaired) electrons. The predicted molar refractivity (Wildman–Crippen MR) is 58.8 cm³/mol. The normalized spacial score (nSPS) is 14.0. The second-order valence-corrected chi connectivity index (χ2v) is 4.42. The van der Waals surface area contributed by atoms with Gasteiger partial charge in [0.25, 0.3) is 5.91 Å². The summed E-state index contributed by atoms with van der Waals surface area (Å²) in [5.74, 6) is -19.9. The lowest BCUT2D eigenvalue weighted by Crippen LogP contribution is -2.61. The molecule has 0 heterocycles. The molecule has 0 aliphatic heterocycles.